The lowest BCUT2D eigenvalue weighted by molar-refractivity contribution is 0.453. The van der Waals surface area contributed by atoms with Crippen LogP contribution in [0.3, 0.4) is 0 Å². The lowest BCUT2D eigenvalue weighted by atomic mass is 10.2. The molecule has 0 aliphatic carbocycles. The number of aryl methyl sites for hydroxylation is 2. The number of hydrogen-bond donors (Lipinski definition) is 0. The van der Waals surface area contributed by atoms with E-state index in [2.05, 4.69) is 50.2 Å². The molecule has 0 amide bonds. The molecule has 0 aromatic heterocycles. The predicted octanol–water partition coefficient (Wildman–Crippen LogP) is 4.56. The van der Waals surface area contributed by atoms with Crippen molar-refractivity contribution in [3.8, 4) is 11.5 Å². The second kappa shape index (κ2) is 3.56. The van der Waals surface area contributed by atoms with Crippen LogP contribution in [-0.4, -0.2) is 0 Å². The summed E-state index contributed by atoms with van der Waals surface area (Å²) in [4.78, 5) is 2.39. The molecule has 2 aromatic rings. The van der Waals surface area contributed by atoms with E-state index < -0.39 is 0 Å². The molecule has 80 valence electrons. The van der Waals surface area contributed by atoms with E-state index in [1.54, 1.807) is 11.8 Å². The van der Waals surface area contributed by atoms with Gasteiger partial charge in [-0.2, -0.15) is 0 Å². The van der Waals surface area contributed by atoms with Crippen molar-refractivity contribution in [1.29, 1.82) is 0 Å². The van der Waals surface area contributed by atoms with E-state index in [4.69, 9.17) is 4.74 Å². The highest BCUT2D eigenvalue weighted by molar-refractivity contribution is 7.99. The smallest absolute Gasteiger partial charge is 0.141 e. The van der Waals surface area contributed by atoms with E-state index in [1.807, 2.05) is 0 Å². The summed E-state index contributed by atoms with van der Waals surface area (Å²) in [6.45, 7) is 4.17. The molecule has 2 heteroatoms. The molecule has 1 aliphatic rings. The Morgan fingerprint density at radius 3 is 1.81 bits per heavy atom. The van der Waals surface area contributed by atoms with Crippen LogP contribution in [0.1, 0.15) is 11.1 Å². The Kier molecular flexibility index (Phi) is 2.18. The lowest BCUT2D eigenvalue weighted by Crippen LogP contribution is -1.95. The summed E-state index contributed by atoms with van der Waals surface area (Å²) in [6, 6.07) is 12.7. The highest BCUT2D eigenvalue weighted by Gasteiger charge is 2.17. The zero-order chi connectivity index (χ0) is 11.1. The fourth-order valence-corrected chi connectivity index (χ4v) is 2.71. The summed E-state index contributed by atoms with van der Waals surface area (Å²) < 4.78 is 5.92. The van der Waals surface area contributed by atoms with Crippen molar-refractivity contribution in [2.45, 2.75) is 23.6 Å². The van der Waals surface area contributed by atoms with Crippen molar-refractivity contribution in [2.75, 3.05) is 0 Å². The van der Waals surface area contributed by atoms with Gasteiger partial charge in [0.15, 0.2) is 0 Å². The van der Waals surface area contributed by atoms with Crippen LogP contribution in [0.25, 0.3) is 0 Å². The summed E-state index contributed by atoms with van der Waals surface area (Å²) >= 11 is 1.77. The minimum Gasteiger partial charge on any atom is -0.455 e. The van der Waals surface area contributed by atoms with E-state index in [0.717, 1.165) is 11.5 Å². The quantitative estimate of drug-likeness (QED) is 0.558. The van der Waals surface area contributed by atoms with Crippen LogP contribution < -0.4 is 4.74 Å². The van der Waals surface area contributed by atoms with Crippen molar-refractivity contribution in [1.82, 2.24) is 0 Å². The SMILES string of the molecule is Cc1ccc2c(c1)Oc1cc(C)ccc1S2. The van der Waals surface area contributed by atoms with Crippen LogP contribution in [0.2, 0.25) is 0 Å². The average molecular weight is 228 g/mol. The van der Waals surface area contributed by atoms with Gasteiger partial charge in [0.1, 0.15) is 11.5 Å². The fourth-order valence-electron chi connectivity index (χ4n) is 1.80. The molecule has 1 aliphatic heterocycles. The molecule has 3 rings (SSSR count). The molecule has 0 unspecified atom stereocenters. The molecule has 1 heterocycles. The fraction of sp³-hybridized carbons (Fsp3) is 0.143. The molecular weight excluding hydrogens is 216 g/mol. The van der Waals surface area contributed by atoms with Crippen molar-refractivity contribution >= 4 is 11.8 Å². The Balaban J connectivity index is 2.10. The third-order valence-electron chi connectivity index (χ3n) is 2.64. The van der Waals surface area contributed by atoms with E-state index in [0.29, 0.717) is 0 Å². The van der Waals surface area contributed by atoms with Gasteiger partial charge in [-0.05, 0) is 49.2 Å². The van der Waals surface area contributed by atoms with Gasteiger partial charge in [-0.25, -0.2) is 0 Å². The topological polar surface area (TPSA) is 9.23 Å². The van der Waals surface area contributed by atoms with Gasteiger partial charge in [-0.15, -0.1) is 0 Å². The first-order valence-corrected chi connectivity index (χ1v) is 6.11. The lowest BCUT2D eigenvalue weighted by Gasteiger charge is -2.20. The van der Waals surface area contributed by atoms with Crippen LogP contribution in [0.15, 0.2) is 46.2 Å². The van der Waals surface area contributed by atoms with Gasteiger partial charge >= 0.3 is 0 Å². The summed E-state index contributed by atoms with van der Waals surface area (Å²) in [5, 5.41) is 0. The van der Waals surface area contributed by atoms with Crippen LogP contribution >= 0.6 is 11.8 Å². The molecule has 0 atom stereocenters. The Labute approximate surface area is 99.4 Å². The first-order chi connectivity index (χ1) is 7.72. The zero-order valence-corrected chi connectivity index (χ0v) is 10.1. The molecule has 0 spiro atoms. The predicted molar refractivity (Wildman–Crippen MR) is 66.6 cm³/mol. The number of hydrogen-bond acceptors (Lipinski definition) is 2. The molecule has 0 radical (unpaired) electrons. The van der Waals surface area contributed by atoms with Crippen molar-refractivity contribution in [2.24, 2.45) is 0 Å². The van der Waals surface area contributed by atoms with Crippen molar-refractivity contribution in [3.05, 3.63) is 47.5 Å². The van der Waals surface area contributed by atoms with Gasteiger partial charge in [0.25, 0.3) is 0 Å². The summed E-state index contributed by atoms with van der Waals surface area (Å²) in [5.74, 6) is 1.95. The summed E-state index contributed by atoms with van der Waals surface area (Å²) in [7, 11) is 0. The summed E-state index contributed by atoms with van der Waals surface area (Å²) in [5.41, 5.74) is 2.46. The first kappa shape index (κ1) is 9.79. The Morgan fingerprint density at radius 1 is 0.812 bits per heavy atom. The molecule has 1 nitrogen and oxygen atoms in total. The number of fused-ring (bicyclic) bond motifs is 2. The third-order valence-corrected chi connectivity index (χ3v) is 3.75. The number of ether oxygens (including phenoxy) is 1. The zero-order valence-electron chi connectivity index (χ0n) is 9.28. The standard InChI is InChI=1S/C14H12OS/c1-9-3-5-13-11(7-9)15-12-8-10(2)4-6-14(12)16-13/h3-8H,1-2H3. The molecular formula is C14H12OS. The first-order valence-electron chi connectivity index (χ1n) is 5.29. The molecule has 0 saturated carbocycles. The summed E-state index contributed by atoms with van der Waals surface area (Å²) in [6.07, 6.45) is 0. The minimum atomic E-state index is 0.975. The Bertz CT molecular complexity index is 511. The molecule has 0 bridgehead atoms. The molecule has 2 aromatic carbocycles. The number of benzene rings is 2. The largest absolute Gasteiger partial charge is 0.455 e. The average Bonchev–Trinajstić information content (AvgIpc) is 2.26. The maximum Gasteiger partial charge on any atom is 0.141 e. The Hall–Kier alpha value is -1.41. The number of rotatable bonds is 0. The van der Waals surface area contributed by atoms with Crippen LogP contribution in [-0.2, 0) is 0 Å². The minimum absolute atomic E-state index is 0.975. The van der Waals surface area contributed by atoms with Gasteiger partial charge in [0, 0.05) is 0 Å². The van der Waals surface area contributed by atoms with E-state index in [1.165, 1.54) is 20.9 Å². The maximum atomic E-state index is 5.92. The van der Waals surface area contributed by atoms with Gasteiger partial charge in [0.05, 0.1) is 9.79 Å². The van der Waals surface area contributed by atoms with E-state index >= 15 is 0 Å². The van der Waals surface area contributed by atoms with Crippen molar-refractivity contribution < 1.29 is 4.74 Å². The normalized spacial score (nSPS) is 12.6. The van der Waals surface area contributed by atoms with Gasteiger partial charge < -0.3 is 4.74 Å². The highest BCUT2D eigenvalue weighted by Crippen LogP contribution is 2.47. The van der Waals surface area contributed by atoms with Crippen LogP contribution in [0, 0.1) is 13.8 Å². The second-order valence-electron chi connectivity index (χ2n) is 4.10. The third kappa shape index (κ3) is 1.59. The Morgan fingerprint density at radius 2 is 1.31 bits per heavy atom. The van der Waals surface area contributed by atoms with E-state index in [9.17, 15) is 0 Å². The highest BCUT2D eigenvalue weighted by atomic mass is 32.2. The second-order valence-corrected chi connectivity index (χ2v) is 5.19. The van der Waals surface area contributed by atoms with Gasteiger partial charge in [0.2, 0.25) is 0 Å². The van der Waals surface area contributed by atoms with Crippen molar-refractivity contribution in [3.63, 3.8) is 0 Å². The molecule has 0 saturated heterocycles. The van der Waals surface area contributed by atoms with E-state index in [-0.39, 0.29) is 0 Å². The maximum absolute atomic E-state index is 5.92. The van der Waals surface area contributed by atoms with Crippen LogP contribution in [0.5, 0.6) is 11.5 Å². The van der Waals surface area contributed by atoms with Crippen LogP contribution in [0.4, 0.5) is 0 Å². The monoisotopic (exact) mass is 228 g/mol. The molecule has 0 fully saturated rings. The van der Waals surface area contributed by atoms with Gasteiger partial charge in [-0.3, -0.25) is 0 Å². The molecule has 0 N–H and O–H groups in total. The molecule has 16 heavy (non-hydrogen) atoms. The van der Waals surface area contributed by atoms with Gasteiger partial charge in [-0.1, -0.05) is 23.9 Å².